The molecule has 1 fully saturated rings. The van der Waals surface area contributed by atoms with Gasteiger partial charge in [-0.05, 0) is 57.7 Å². The molecule has 0 spiro atoms. The Morgan fingerprint density at radius 2 is 1.85 bits per heavy atom. The first-order chi connectivity index (χ1) is 15.4. The summed E-state index contributed by atoms with van der Waals surface area (Å²) in [6.07, 6.45) is 0.801. The van der Waals surface area contributed by atoms with Crippen molar-refractivity contribution in [2.24, 2.45) is 5.92 Å². The first-order valence-electron chi connectivity index (χ1n) is 10.6. The highest BCUT2D eigenvalue weighted by Gasteiger charge is 2.43. The highest BCUT2D eigenvalue weighted by molar-refractivity contribution is 5.81. The number of benzene rings is 1. The smallest absolute Gasteiger partial charge is 0.411 e. The summed E-state index contributed by atoms with van der Waals surface area (Å²) in [5.41, 5.74) is -0.639. The number of alkyl halides is 2. The quantitative estimate of drug-likeness (QED) is 0.630. The lowest BCUT2D eigenvalue weighted by atomic mass is 9.97. The van der Waals surface area contributed by atoms with E-state index in [-0.39, 0.29) is 25.1 Å². The molecule has 33 heavy (non-hydrogen) atoms. The number of halogens is 2. The number of likely N-dealkylation sites (tertiary alicyclic amines) is 1. The van der Waals surface area contributed by atoms with Crippen molar-refractivity contribution < 1.29 is 33.3 Å². The van der Waals surface area contributed by atoms with Crippen molar-refractivity contribution in [1.29, 1.82) is 0 Å². The molecule has 1 aliphatic rings. The molecule has 0 aliphatic carbocycles. The number of aliphatic carboxylic acids is 1. The molecular formula is C23H27F2N3O5. The van der Waals surface area contributed by atoms with Crippen LogP contribution in [0.15, 0.2) is 36.4 Å². The third kappa shape index (κ3) is 5.81. The summed E-state index contributed by atoms with van der Waals surface area (Å²) in [6, 6.07) is 5.47. The summed E-state index contributed by atoms with van der Waals surface area (Å²) >= 11 is 0. The average molecular weight is 463 g/mol. The van der Waals surface area contributed by atoms with Gasteiger partial charge in [-0.25, -0.2) is 19.6 Å². The van der Waals surface area contributed by atoms with Gasteiger partial charge in [0, 0.05) is 6.54 Å². The molecule has 0 saturated carbocycles. The number of allylic oxidation sites excluding steroid dienone is 1. The van der Waals surface area contributed by atoms with Crippen LogP contribution in [0.1, 0.15) is 38.6 Å². The standard InChI is InChI=1S/C23H27F2N3O5/c1-22(2,3)33-21(32)28-13-14(12-18(28)20(30)31)11-17-19(23(24,25)9-6-10-29)27-16-8-5-4-7-15(16)26-17/h4-9,14,18,29H,10-13H2,1-3H3,(H,30,31)/b9-6+/t14-,18+/m1/s1. The molecule has 2 atom stereocenters. The van der Waals surface area contributed by atoms with Gasteiger partial charge in [-0.1, -0.05) is 18.2 Å². The van der Waals surface area contributed by atoms with E-state index in [2.05, 4.69) is 9.97 Å². The predicted octanol–water partition coefficient (Wildman–Crippen LogP) is 3.52. The minimum Gasteiger partial charge on any atom is -0.480 e. The highest BCUT2D eigenvalue weighted by atomic mass is 19.3. The van der Waals surface area contributed by atoms with Crippen LogP contribution in [-0.2, 0) is 21.9 Å². The van der Waals surface area contributed by atoms with Crippen molar-refractivity contribution in [3.05, 3.63) is 47.8 Å². The fourth-order valence-corrected chi connectivity index (χ4v) is 3.83. The molecule has 1 aliphatic heterocycles. The summed E-state index contributed by atoms with van der Waals surface area (Å²) in [7, 11) is 0. The van der Waals surface area contributed by atoms with E-state index in [0.717, 1.165) is 11.0 Å². The van der Waals surface area contributed by atoms with Gasteiger partial charge in [0.15, 0.2) is 0 Å². The third-order valence-electron chi connectivity index (χ3n) is 5.17. The first-order valence-corrected chi connectivity index (χ1v) is 10.6. The Kier molecular flexibility index (Phi) is 6.97. The largest absolute Gasteiger partial charge is 0.480 e. The fourth-order valence-electron chi connectivity index (χ4n) is 3.83. The number of amides is 1. The molecule has 1 amide bonds. The molecule has 0 unspecified atom stereocenters. The topological polar surface area (TPSA) is 113 Å². The Balaban J connectivity index is 1.95. The van der Waals surface area contributed by atoms with Crippen LogP contribution in [0.4, 0.5) is 13.6 Å². The molecule has 2 heterocycles. The SMILES string of the molecule is CC(C)(C)OC(=O)N1C[C@H](Cc2nc3ccccc3nc2C(F)(F)/C=C/CO)C[C@H]1C(=O)O. The van der Waals surface area contributed by atoms with Crippen LogP contribution in [0.25, 0.3) is 11.0 Å². The van der Waals surface area contributed by atoms with Crippen LogP contribution in [0.2, 0.25) is 0 Å². The lowest BCUT2D eigenvalue weighted by molar-refractivity contribution is -0.142. The minimum atomic E-state index is -3.50. The lowest BCUT2D eigenvalue weighted by Crippen LogP contribution is -2.43. The number of nitrogens with zero attached hydrogens (tertiary/aromatic N) is 3. The number of aliphatic hydroxyl groups is 1. The molecular weight excluding hydrogens is 436 g/mol. The van der Waals surface area contributed by atoms with Gasteiger partial charge in [0.25, 0.3) is 0 Å². The van der Waals surface area contributed by atoms with E-state index in [1.807, 2.05) is 0 Å². The van der Waals surface area contributed by atoms with Crippen LogP contribution in [-0.4, -0.2) is 61.9 Å². The number of carboxylic acids is 1. The number of carbonyl (C=O) groups is 2. The molecule has 3 rings (SSSR count). The van der Waals surface area contributed by atoms with Crippen molar-refractivity contribution >= 4 is 23.1 Å². The summed E-state index contributed by atoms with van der Waals surface area (Å²) in [5, 5.41) is 18.5. The molecule has 0 radical (unpaired) electrons. The van der Waals surface area contributed by atoms with Crippen LogP contribution in [0.5, 0.6) is 0 Å². The predicted molar refractivity (Wildman–Crippen MR) is 116 cm³/mol. The van der Waals surface area contributed by atoms with E-state index in [0.29, 0.717) is 17.1 Å². The highest BCUT2D eigenvalue weighted by Crippen LogP contribution is 2.35. The maximum atomic E-state index is 14.9. The number of hydrogen-bond acceptors (Lipinski definition) is 6. The number of carboxylic acid groups (broad SMARTS) is 1. The molecule has 1 aromatic heterocycles. The van der Waals surface area contributed by atoms with Crippen molar-refractivity contribution in [3.8, 4) is 0 Å². The van der Waals surface area contributed by atoms with Crippen LogP contribution in [0, 0.1) is 5.92 Å². The third-order valence-corrected chi connectivity index (χ3v) is 5.17. The molecule has 8 nitrogen and oxygen atoms in total. The molecule has 1 aromatic carbocycles. The van der Waals surface area contributed by atoms with Gasteiger partial charge in [-0.3, -0.25) is 4.90 Å². The number of para-hydroxylation sites is 2. The number of ether oxygens (including phenoxy) is 1. The Morgan fingerprint density at radius 3 is 2.42 bits per heavy atom. The Bertz CT molecular complexity index is 1070. The Labute approximate surface area is 189 Å². The number of aliphatic hydroxyl groups excluding tert-OH is 1. The van der Waals surface area contributed by atoms with E-state index in [4.69, 9.17) is 9.84 Å². The Morgan fingerprint density at radius 1 is 1.21 bits per heavy atom. The summed E-state index contributed by atoms with van der Waals surface area (Å²) in [5.74, 6) is -5.13. The zero-order chi connectivity index (χ0) is 24.4. The maximum absolute atomic E-state index is 14.9. The molecule has 178 valence electrons. The number of aromatic nitrogens is 2. The van der Waals surface area contributed by atoms with Gasteiger partial charge in [0.1, 0.15) is 17.3 Å². The van der Waals surface area contributed by atoms with E-state index in [1.165, 1.54) is 0 Å². The normalized spacial score (nSPS) is 19.4. The van der Waals surface area contributed by atoms with Crippen molar-refractivity contribution in [2.45, 2.75) is 51.2 Å². The van der Waals surface area contributed by atoms with E-state index >= 15 is 0 Å². The molecule has 2 aromatic rings. The van der Waals surface area contributed by atoms with Crippen molar-refractivity contribution in [2.75, 3.05) is 13.2 Å². The summed E-state index contributed by atoms with van der Waals surface area (Å²) in [4.78, 5) is 34.0. The zero-order valence-corrected chi connectivity index (χ0v) is 18.7. The van der Waals surface area contributed by atoms with Crippen LogP contribution < -0.4 is 0 Å². The lowest BCUT2D eigenvalue weighted by Gasteiger charge is -2.26. The average Bonchev–Trinajstić information content (AvgIpc) is 3.15. The first kappa shape index (κ1) is 24.5. The second kappa shape index (κ2) is 9.38. The monoisotopic (exact) mass is 463 g/mol. The van der Waals surface area contributed by atoms with Crippen molar-refractivity contribution in [3.63, 3.8) is 0 Å². The zero-order valence-electron chi connectivity index (χ0n) is 18.7. The second-order valence-electron chi connectivity index (χ2n) is 9.01. The number of hydrogen-bond donors (Lipinski definition) is 2. The van der Waals surface area contributed by atoms with Gasteiger partial charge < -0.3 is 14.9 Å². The van der Waals surface area contributed by atoms with Crippen LogP contribution >= 0.6 is 0 Å². The van der Waals surface area contributed by atoms with Gasteiger partial charge in [0.2, 0.25) is 0 Å². The van der Waals surface area contributed by atoms with Gasteiger partial charge in [-0.2, -0.15) is 8.78 Å². The molecule has 1 saturated heterocycles. The van der Waals surface area contributed by atoms with Gasteiger partial charge >= 0.3 is 18.0 Å². The van der Waals surface area contributed by atoms with E-state index < -0.39 is 47.8 Å². The molecule has 2 N–H and O–H groups in total. The fraction of sp³-hybridized carbons (Fsp3) is 0.478. The van der Waals surface area contributed by atoms with Gasteiger partial charge in [0.05, 0.1) is 23.3 Å². The van der Waals surface area contributed by atoms with Gasteiger partial charge in [-0.15, -0.1) is 0 Å². The van der Waals surface area contributed by atoms with Crippen molar-refractivity contribution in [1.82, 2.24) is 14.9 Å². The van der Waals surface area contributed by atoms with E-state index in [1.54, 1.807) is 45.0 Å². The summed E-state index contributed by atoms with van der Waals surface area (Å²) < 4.78 is 35.2. The molecule has 0 bridgehead atoms. The van der Waals surface area contributed by atoms with Crippen LogP contribution in [0.3, 0.4) is 0 Å². The second-order valence-corrected chi connectivity index (χ2v) is 9.01. The number of carbonyl (C=O) groups excluding carboxylic acids is 1. The maximum Gasteiger partial charge on any atom is 0.411 e. The summed E-state index contributed by atoms with van der Waals surface area (Å²) in [6.45, 7) is 4.49. The minimum absolute atomic E-state index is 0.00119. The number of rotatable bonds is 6. The number of fused-ring (bicyclic) bond motifs is 1. The van der Waals surface area contributed by atoms with E-state index in [9.17, 15) is 23.5 Å². The Hall–Kier alpha value is -3.14. The molecule has 10 heteroatoms.